The molecule has 0 fully saturated rings. The first-order valence-corrected chi connectivity index (χ1v) is 11.0. The van der Waals surface area contributed by atoms with Gasteiger partial charge in [0.05, 0.1) is 5.39 Å². The molecule has 0 aliphatic heterocycles. The summed E-state index contributed by atoms with van der Waals surface area (Å²) in [5.74, 6) is 1.47. The van der Waals surface area contributed by atoms with Crippen molar-refractivity contribution in [3.63, 3.8) is 0 Å². The van der Waals surface area contributed by atoms with Crippen LogP contribution in [0.3, 0.4) is 0 Å². The van der Waals surface area contributed by atoms with Crippen LogP contribution in [-0.4, -0.2) is 10.1 Å². The van der Waals surface area contributed by atoms with Crippen molar-refractivity contribution in [1.29, 1.82) is 0 Å². The number of nitrogens with zero attached hydrogens (tertiary/aromatic N) is 2. The van der Waals surface area contributed by atoms with Gasteiger partial charge in [-0.3, -0.25) is 4.98 Å². The molecule has 0 amide bonds. The Morgan fingerprint density at radius 2 is 1.63 bits per heavy atom. The van der Waals surface area contributed by atoms with E-state index in [1.807, 2.05) is 12.4 Å². The van der Waals surface area contributed by atoms with Crippen LogP contribution in [0.1, 0.15) is 67.7 Å². The zero-order chi connectivity index (χ0) is 21.1. The molecule has 0 saturated heterocycles. The number of pyridine rings is 1. The van der Waals surface area contributed by atoms with Gasteiger partial charge in [0.15, 0.2) is 6.54 Å². The second-order valence-electron chi connectivity index (χ2n) is 8.93. The molecule has 1 N–H and O–H groups in total. The molecular weight excluding hydrogens is 366 g/mol. The van der Waals surface area contributed by atoms with E-state index in [0.717, 1.165) is 13.0 Å². The molecule has 2 heterocycles. The lowest BCUT2D eigenvalue weighted by atomic mass is 9.92. The number of fused-ring (bicyclic) bond motifs is 1. The van der Waals surface area contributed by atoms with E-state index in [9.17, 15) is 0 Å². The minimum Gasteiger partial charge on any atom is -0.265 e. The van der Waals surface area contributed by atoms with Crippen molar-refractivity contribution in [2.75, 3.05) is 0 Å². The standard InChI is InChI=1S/C27H31N3/c1-19(2)24-8-9-27-26(16-24)18-30(29-27)17-21(4)25-7-5-6-22(15-25)14-20(3)23-10-12-28-13-11-23/h5-13,15-16,18-21H,14,17H2,1-4H3/p+1. The van der Waals surface area contributed by atoms with Crippen molar-refractivity contribution in [1.82, 2.24) is 10.1 Å². The average Bonchev–Trinajstić information content (AvgIpc) is 3.16. The lowest BCUT2D eigenvalue weighted by Gasteiger charge is -2.14. The van der Waals surface area contributed by atoms with Crippen LogP contribution in [0, 0.1) is 0 Å². The fraction of sp³-hybridized carbons (Fsp3) is 0.333. The Morgan fingerprint density at radius 1 is 0.833 bits per heavy atom. The van der Waals surface area contributed by atoms with E-state index >= 15 is 0 Å². The van der Waals surface area contributed by atoms with Crippen LogP contribution in [0.5, 0.6) is 0 Å². The van der Waals surface area contributed by atoms with Crippen LogP contribution in [-0.2, 0) is 13.0 Å². The molecule has 0 radical (unpaired) electrons. The third-order valence-corrected chi connectivity index (χ3v) is 6.11. The molecule has 2 unspecified atom stereocenters. The highest BCUT2D eigenvalue weighted by atomic mass is 15.3. The number of benzene rings is 2. The largest absolute Gasteiger partial charge is 0.265 e. The second kappa shape index (κ2) is 8.83. The van der Waals surface area contributed by atoms with Crippen molar-refractivity contribution in [2.24, 2.45) is 0 Å². The number of H-pyrrole nitrogens is 1. The van der Waals surface area contributed by atoms with Gasteiger partial charge in [-0.2, -0.15) is 5.10 Å². The molecule has 0 aliphatic rings. The van der Waals surface area contributed by atoms with Gasteiger partial charge in [0.25, 0.3) is 0 Å². The number of hydrogen-bond donors (Lipinski definition) is 1. The summed E-state index contributed by atoms with van der Waals surface area (Å²) in [6, 6.07) is 20.1. The Hall–Kier alpha value is -2.94. The molecule has 2 aromatic heterocycles. The van der Waals surface area contributed by atoms with Crippen molar-refractivity contribution in [3.8, 4) is 0 Å². The summed E-state index contributed by atoms with van der Waals surface area (Å²) >= 11 is 0. The Labute approximate surface area is 179 Å². The van der Waals surface area contributed by atoms with E-state index in [1.165, 1.54) is 33.2 Å². The van der Waals surface area contributed by atoms with Crippen molar-refractivity contribution < 1.29 is 4.68 Å². The highest BCUT2D eigenvalue weighted by Crippen LogP contribution is 2.24. The van der Waals surface area contributed by atoms with E-state index in [0.29, 0.717) is 17.8 Å². The van der Waals surface area contributed by atoms with Gasteiger partial charge >= 0.3 is 0 Å². The Morgan fingerprint density at radius 3 is 2.40 bits per heavy atom. The monoisotopic (exact) mass is 398 g/mol. The summed E-state index contributed by atoms with van der Waals surface area (Å²) in [6.45, 7) is 10.0. The van der Waals surface area contributed by atoms with Crippen LogP contribution in [0.25, 0.3) is 10.9 Å². The van der Waals surface area contributed by atoms with Gasteiger partial charge in [0.1, 0.15) is 5.52 Å². The zero-order valence-electron chi connectivity index (χ0n) is 18.5. The molecule has 4 aromatic rings. The lowest BCUT2D eigenvalue weighted by Crippen LogP contribution is -2.37. The summed E-state index contributed by atoms with van der Waals surface area (Å²) in [4.78, 5) is 4.14. The van der Waals surface area contributed by atoms with Crippen molar-refractivity contribution in [2.45, 2.75) is 58.4 Å². The van der Waals surface area contributed by atoms with E-state index < -0.39 is 0 Å². The molecule has 0 saturated carbocycles. The third-order valence-electron chi connectivity index (χ3n) is 6.11. The predicted octanol–water partition coefficient (Wildman–Crippen LogP) is 6.12. The van der Waals surface area contributed by atoms with Crippen LogP contribution in [0.2, 0.25) is 0 Å². The molecule has 4 rings (SSSR count). The molecule has 2 atom stereocenters. The van der Waals surface area contributed by atoms with Gasteiger partial charge in [-0.15, -0.1) is 4.68 Å². The number of aromatic nitrogens is 3. The number of rotatable bonds is 7. The summed E-state index contributed by atoms with van der Waals surface area (Å²) in [6.07, 6.45) is 7.05. The maximum Gasteiger partial charge on any atom is 0.203 e. The summed E-state index contributed by atoms with van der Waals surface area (Å²) in [5.41, 5.74) is 6.72. The average molecular weight is 399 g/mol. The Bertz CT molecular complexity index is 1110. The van der Waals surface area contributed by atoms with E-state index in [-0.39, 0.29) is 0 Å². The predicted molar refractivity (Wildman–Crippen MR) is 124 cm³/mol. The Balaban J connectivity index is 1.48. The van der Waals surface area contributed by atoms with Gasteiger partial charge in [-0.05, 0) is 64.8 Å². The topological polar surface area (TPSA) is 32.6 Å². The summed E-state index contributed by atoms with van der Waals surface area (Å²) < 4.78 is 2.23. The lowest BCUT2D eigenvalue weighted by molar-refractivity contribution is -0.750. The van der Waals surface area contributed by atoms with Gasteiger partial charge in [-0.25, -0.2) is 0 Å². The fourth-order valence-corrected chi connectivity index (χ4v) is 4.19. The van der Waals surface area contributed by atoms with Gasteiger partial charge in [-0.1, -0.05) is 58.0 Å². The van der Waals surface area contributed by atoms with E-state index in [2.05, 4.69) is 103 Å². The molecule has 3 heteroatoms. The van der Waals surface area contributed by atoms with Crippen molar-refractivity contribution in [3.05, 3.63) is 95.4 Å². The molecule has 2 aromatic carbocycles. The molecule has 0 aliphatic carbocycles. The van der Waals surface area contributed by atoms with Crippen LogP contribution >= 0.6 is 0 Å². The van der Waals surface area contributed by atoms with E-state index in [1.54, 1.807) is 0 Å². The highest BCUT2D eigenvalue weighted by molar-refractivity contribution is 5.77. The first kappa shape index (κ1) is 20.3. The maximum atomic E-state index is 4.14. The fourth-order valence-electron chi connectivity index (χ4n) is 4.19. The normalized spacial score (nSPS) is 13.6. The minimum atomic E-state index is 0.434. The first-order valence-electron chi connectivity index (χ1n) is 11.0. The van der Waals surface area contributed by atoms with Crippen LogP contribution < -0.4 is 4.68 Å². The Kier molecular flexibility index (Phi) is 5.98. The summed E-state index contributed by atoms with van der Waals surface area (Å²) in [5, 5.41) is 4.83. The second-order valence-corrected chi connectivity index (χ2v) is 8.93. The molecule has 154 valence electrons. The third kappa shape index (κ3) is 4.62. The van der Waals surface area contributed by atoms with E-state index in [4.69, 9.17) is 0 Å². The first-order chi connectivity index (χ1) is 14.5. The molecule has 0 spiro atoms. The number of hydrogen-bond acceptors (Lipinski definition) is 1. The minimum absolute atomic E-state index is 0.434. The maximum absolute atomic E-state index is 4.14. The number of aromatic amines is 1. The quantitative estimate of drug-likeness (QED) is 0.374. The highest BCUT2D eigenvalue weighted by Gasteiger charge is 2.16. The molecular formula is C27H32N3+. The molecule has 3 nitrogen and oxygen atoms in total. The van der Waals surface area contributed by atoms with Crippen LogP contribution in [0.15, 0.2) is 73.2 Å². The SMILES string of the molecule is CC(C)c1ccc2[nH][n+](CC(C)c3cccc(CC(C)c4ccncc4)c3)cc2c1. The number of nitrogens with one attached hydrogen (secondary N) is 1. The summed E-state index contributed by atoms with van der Waals surface area (Å²) in [7, 11) is 0. The molecule has 0 bridgehead atoms. The smallest absolute Gasteiger partial charge is 0.203 e. The van der Waals surface area contributed by atoms with Crippen molar-refractivity contribution >= 4 is 10.9 Å². The molecule has 30 heavy (non-hydrogen) atoms. The van der Waals surface area contributed by atoms with Gasteiger partial charge < -0.3 is 0 Å². The zero-order valence-corrected chi connectivity index (χ0v) is 18.5. The van der Waals surface area contributed by atoms with Gasteiger partial charge in [0.2, 0.25) is 6.20 Å². The van der Waals surface area contributed by atoms with Crippen LogP contribution in [0.4, 0.5) is 0 Å². The van der Waals surface area contributed by atoms with Gasteiger partial charge in [0, 0.05) is 18.3 Å².